The molecule has 0 atom stereocenters. The summed E-state index contributed by atoms with van der Waals surface area (Å²) in [5.74, 6) is 1.63. The Morgan fingerprint density at radius 1 is 1.40 bits per heavy atom. The Balaban J connectivity index is 1.50. The van der Waals surface area contributed by atoms with E-state index in [4.69, 9.17) is 4.74 Å². The van der Waals surface area contributed by atoms with Crippen molar-refractivity contribution in [3.05, 3.63) is 45.9 Å². The normalized spacial score (nSPS) is 21.5. The summed E-state index contributed by atoms with van der Waals surface area (Å²) < 4.78 is 5.29. The highest BCUT2D eigenvalue weighted by atomic mass is 32.1. The maximum Gasteiger partial charge on any atom is 0.119 e. The lowest BCUT2D eigenvalue weighted by Crippen LogP contribution is -2.39. The SMILES string of the molecule is COc1cccc(C2CC(NCc3scnc3C)C2)c1. The lowest BCUT2D eigenvalue weighted by Gasteiger charge is -2.36. The molecule has 1 aromatic carbocycles. The maximum absolute atomic E-state index is 5.29. The third-order valence-corrected chi connectivity index (χ3v) is 5.03. The fourth-order valence-electron chi connectivity index (χ4n) is 2.69. The van der Waals surface area contributed by atoms with Crippen molar-refractivity contribution in [1.82, 2.24) is 10.3 Å². The molecule has 3 rings (SSSR count). The van der Waals surface area contributed by atoms with Crippen molar-refractivity contribution >= 4 is 11.3 Å². The zero-order valence-electron chi connectivity index (χ0n) is 11.9. The van der Waals surface area contributed by atoms with Crippen LogP contribution in [0.1, 0.15) is 34.9 Å². The summed E-state index contributed by atoms with van der Waals surface area (Å²) in [4.78, 5) is 5.64. The van der Waals surface area contributed by atoms with E-state index in [9.17, 15) is 0 Å². The Hall–Kier alpha value is -1.39. The van der Waals surface area contributed by atoms with Crippen molar-refractivity contribution in [1.29, 1.82) is 0 Å². The standard InChI is InChI=1S/C16H20N2OS/c1-11-16(20-10-18-11)9-17-14-6-13(7-14)12-4-3-5-15(8-12)19-2/h3-5,8,10,13-14,17H,6-7,9H2,1-2H3. The second-order valence-electron chi connectivity index (χ2n) is 5.38. The van der Waals surface area contributed by atoms with Crippen LogP contribution in [0.4, 0.5) is 0 Å². The second kappa shape index (κ2) is 5.94. The van der Waals surface area contributed by atoms with E-state index in [2.05, 4.69) is 35.4 Å². The molecule has 1 N–H and O–H groups in total. The highest BCUT2D eigenvalue weighted by Crippen LogP contribution is 2.38. The highest BCUT2D eigenvalue weighted by Gasteiger charge is 2.30. The molecule has 1 saturated carbocycles. The third-order valence-electron chi connectivity index (χ3n) is 4.10. The zero-order valence-corrected chi connectivity index (χ0v) is 12.7. The summed E-state index contributed by atoms with van der Waals surface area (Å²) in [5, 5.41) is 3.63. The Bertz CT molecular complexity index is 575. The second-order valence-corrected chi connectivity index (χ2v) is 6.32. The van der Waals surface area contributed by atoms with Crippen LogP contribution in [0.25, 0.3) is 0 Å². The van der Waals surface area contributed by atoms with Crippen molar-refractivity contribution in [3.8, 4) is 5.75 Å². The van der Waals surface area contributed by atoms with Crippen molar-refractivity contribution in [2.24, 2.45) is 0 Å². The van der Waals surface area contributed by atoms with E-state index in [0.717, 1.165) is 18.0 Å². The summed E-state index contributed by atoms with van der Waals surface area (Å²) in [6.07, 6.45) is 2.43. The van der Waals surface area contributed by atoms with Crippen molar-refractivity contribution in [2.75, 3.05) is 7.11 Å². The number of rotatable bonds is 5. The molecule has 4 heteroatoms. The van der Waals surface area contributed by atoms with Crippen molar-refractivity contribution < 1.29 is 4.74 Å². The lowest BCUT2D eigenvalue weighted by atomic mass is 9.76. The van der Waals surface area contributed by atoms with Crippen LogP contribution in [0.2, 0.25) is 0 Å². The van der Waals surface area contributed by atoms with Crippen LogP contribution >= 0.6 is 11.3 Å². The van der Waals surface area contributed by atoms with Gasteiger partial charge < -0.3 is 10.1 Å². The van der Waals surface area contributed by atoms with Crippen LogP contribution in [-0.4, -0.2) is 18.1 Å². The largest absolute Gasteiger partial charge is 0.497 e. The van der Waals surface area contributed by atoms with Gasteiger partial charge in [0.1, 0.15) is 5.75 Å². The molecule has 2 aromatic rings. The Kier molecular flexibility index (Phi) is 4.03. The summed E-state index contributed by atoms with van der Waals surface area (Å²) in [6, 6.07) is 9.08. The molecule has 3 nitrogen and oxygen atoms in total. The average molecular weight is 288 g/mol. The van der Waals surface area contributed by atoms with Crippen molar-refractivity contribution in [2.45, 2.75) is 38.3 Å². The van der Waals surface area contributed by atoms with Crippen molar-refractivity contribution in [3.63, 3.8) is 0 Å². The molecule has 0 radical (unpaired) electrons. The van der Waals surface area contributed by atoms with Crippen LogP contribution < -0.4 is 10.1 Å². The Morgan fingerprint density at radius 2 is 2.25 bits per heavy atom. The predicted octanol–water partition coefficient (Wildman–Crippen LogP) is 3.50. The van der Waals surface area contributed by atoms with Gasteiger partial charge in [-0.25, -0.2) is 4.98 Å². The van der Waals surface area contributed by atoms with E-state index in [1.165, 1.54) is 23.3 Å². The summed E-state index contributed by atoms with van der Waals surface area (Å²) in [6.45, 7) is 3.03. The molecular formula is C16H20N2OS. The van der Waals surface area contributed by atoms with Crippen LogP contribution in [0, 0.1) is 6.92 Å². The lowest BCUT2D eigenvalue weighted by molar-refractivity contribution is 0.289. The van der Waals surface area contributed by atoms with Gasteiger partial charge in [0.15, 0.2) is 0 Å². The number of hydrogen-bond donors (Lipinski definition) is 1. The van der Waals surface area contributed by atoms with Gasteiger partial charge in [0, 0.05) is 17.5 Å². The molecule has 1 heterocycles. The number of methoxy groups -OCH3 is 1. The molecule has 0 amide bonds. The molecule has 0 spiro atoms. The monoisotopic (exact) mass is 288 g/mol. The smallest absolute Gasteiger partial charge is 0.119 e. The minimum atomic E-state index is 0.632. The minimum Gasteiger partial charge on any atom is -0.497 e. The third kappa shape index (κ3) is 2.86. The first kappa shape index (κ1) is 13.6. The molecule has 20 heavy (non-hydrogen) atoms. The van der Waals surface area contributed by atoms with Gasteiger partial charge in [0.2, 0.25) is 0 Å². The van der Waals surface area contributed by atoms with Gasteiger partial charge in [0.25, 0.3) is 0 Å². The van der Waals surface area contributed by atoms with E-state index in [-0.39, 0.29) is 0 Å². The molecule has 0 aliphatic heterocycles. The Labute approximate surface area is 124 Å². The summed E-state index contributed by atoms with van der Waals surface area (Å²) >= 11 is 1.74. The molecular weight excluding hydrogens is 268 g/mol. The van der Waals surface area contributed by atoms with Gasteiger partial charge in [-0.1, -0.05) is 12.1 Å². The quantitative estimate of drug-likeness (QED) is 0.914. The number of benzene rings is 1. The van der Waals surface area contributed by atoms with Gasteiger partial charge >= 0.3 is 0 Å². The molecule has 0 bridgehead atoms. The molecule has 0 saturated heterocycles. The molecule has 1 fully saturated rings. The van der Waals surface area contributed by atoms with Gasteiger partial charge in [-0.2, -0.15) is 0 Å². The first-order valence-electron chi connectivity index (χ1n) is 7.02. The molecule has 0 unspecified atom stereocenters. The number of aromatic nitrogens is 1. The zero-order chi connectivity index (χ0) is 13.9. The van der Waals surface area contributed by atoms with E-state index in [1.54, 1.807) is 18.4 Å². The topological polar surface area (TPSA) is 34.1 Å². The maximum atomic E-state index is 5.29. The fourth-order valence-corrected chi connectivity index (χ4v) is 3.41. The van der Waals surface area contributed by atoms with E-state index in [0.29, 0.717) is 12.0 Å². The average Bonchev–Trinajstić information content (AvgIpc) is 2.83. The summed E-state index contributed by atoms with van der Waals surface area (Å²) in [7, 11) is 1.72. The predicted molar refractivity (Wildman–Crippen MR) is 82.4 cm³/mol. The fraction of sp³-hybridized carbons (Fsp3) is 0.438. The van der Waals surface area contributed by atoms with Gasteiger partial charge in [0.05, 0.1) is 18.3 Å². The number of hydrogen-bond acceptors (Lipinski definition) is 4. The number of nitrogens with zero attached hydrogens (tertiary/aromatic N) is 1. The molecule has 1 aliphatic carbocycles. The first-order chi connectivity index (χ1) is 9.76. The minimum absolute atomic E-state index is 0.632. The van der Waals surface area contributed by atoms with Gasteiger partial charge in [-0.05, 0) is 43.4 Å². The van der Waals surface area contributed by atoms with Gasteiger partial charge in [-0.15, -0.1) is 11.3 Å². The first-order valence-corrected chi connectivity index (χ1v) is 7.90. The van der Waals surface area contributed by atoms with Crippen LogP contribution in [0.3, 0.4) is 0 Å². The van der Waals surface area contributed by atoms with E-state index >= 15 is 0 Å². The molecule has 1 aromatic heterocycles. The number of thiazole rings is 1. The molecule has 1 aliphatic rings. The van der Waals surface area contributed by atoms with Gasteiger partial charge in [-0.3, -0.25) is 0 Å². The van der Waals surface area contributed by atoms with Crippen LogP contribution in [-0.2, 0) is 6.54 Å². The van der Waals surface area contributed by atoms with Crippen LogP contribution in [0.15, 0.2) is 29.8 Å². The number of ether oxygens (including phenoxy) is 1. The Morgan fingerprint density at radius 3 is 2.95 bits per heavy atom. The van der Waals surface area contributed by atoms with Crippen LogP contribution in [0.5, 0.6) is 5.75 Å². The summed E-state index contributed by atoms with van der Waals surface area (Å²) in [5.41, 5.74) is 4.48. The highest BCUT2D eigenvalue weighted by molar-refractivity contribution is 7.09. The number of nitrogens with one attached hydrogen (secondary N) is 1. The van der Waals surface area contributed by atoms with E-state index in [1.807, 2.05) is 11.6 Å². The van der Waals surface area contributed by atoms with E-state index < -0.39 is 0 Å². The molecule has 106 valence electrons. The number of aryl methyl sites for hydroxylation is 1.